The van der Waals surface area contributed by atoms with E-state index in [-0.39, 0.29) is 18.6 Å². The maximum Gasteiger partial charge on any atom is 0.407 e. The molecule has 0 aliphatic heterocycles. The predicted molar refractivity (Wildman–Crippen MR) is 103 cm³/mol. The second kappa shape index (κ2) is 12.8. The number of aliphatic hydroxyl groups excluding tert-OH is 1. The standard InChI is InChI=1S/C18H38N4O3/c1-7-9-10-15(12-21-17(24)25-18(4,5)6)22-16(19-8-2)20-11-14(3)13-23/h14-15,23H,7-13H2,1-6H3,(H,21,24)(H2,19,20,22). The van der Waals surface area contributed by atoms with Gasteiger partial charge in [0.25, 0.3) is 0 Å². The van der Waals surface area contributed by atoms with E-state index in [1.165, 1.54) is 0 Å². The molecule has 1 amide bonds. The minimum Gasteiger partial charge on any atom is -0.444 e. The van der Waals surface area contributed by atoms with Crippen molar-refractivity contribution in [2.45, 2.75) is 72.4 Å². The molecule has 0 bridgehead atoms. The van der Waals surface area contributed by atoms with Crippen LogP contribution in [0.5, 0.6) is 0 Å². The number of alkyl carbamates (subject to hydrolysis) is 1. The summed E-state index contributed by atoms with van der Waals surface area (Å²) in [6, 6.07) is 0.0645. The van der Waals surface area contributed by atoms with Crippen molar-refractivity contribution in [3.05, 3.63) is 0 Å². The number of amides is 1. The molecule has 148 valence electrons. The number of carbonyl (C=O) groups is 1. The monoisotopic (exact) mass is 358 g/mol. The lowest BCUT2D eigenvalue weighted by Crippen LogP contribution is -2.49. The van der Waals surface area contributed by atoms with E-state index < -0.39 is 11.7 Å². The molecule has 0 saturated carbocycles. The van der Waals surface area contributed by atoms with E-state index >= 15 is 0 Å². The van der Waals surface area contributed by atoms with E-state index in [4.69, 9.17) is 9.84 Å². The third-order valence-electron chi connectivity index (χ3n) is 3.36. The molecule has 2 unspecified atom stereocenters. The predicted octanol–water partition coefficient (Wildman–Crippen LogP) is 2.25. The summed E-state index contributed by atoms with van der Waals surface area (Å²) < 4.78 is 5.29. The number of hydrogen-bond acceptors (Lipinski definition) is 4. The molecule has 0 fully saturated rings. The summed E-state index contributed by atoms with van der Waals surface area (Å²) >= 11 is 0. The molecule has 0 aromatic heterocycles. The number of nitrogens with one attached hydrogen (secondary N) is 3. The van der Waals surface area contributed by atoms with Crippen LogP contribution in [0.15, 0.2) is 4.99 Å². The first kappa shape index (κ1) is 23.5. The molecule has 4 N–H and O–H groups in total. The fourth-order valence-corrected chi connectivity index (χ4v) is 2.01. The quantitative estimate of drug-likeness (QED) is 0.355. The maximum atomic E-state index is 11.9. The van der Waals surface area contributed by atoms with Crippen molar-refractivity contribution in [3.63, 3.8) is 0 Å². The molecule has 0 aliphatic rings. The fraction of sp³-hybridized carbons (Fsp3) is 0.889. The summed E-state index contributed by atoms with van der Waals surface area (Å²) in [7, 11) is 0. The van der Waals surface area contributed by atoms with Crippen LogP contribution in [0.4, 0.5) is 4.79 Å². The Hall–Kier alpha value is -1.50. The van der Waals surface area contributed by atoms with Gasteiger partial charge in [-0.15, -0.1) is 0 Å². The van der Waals surface area contributed by atoms with Gasteiger partial charge in [0, 0.05) is 32.3 Å². The van der Waals surface area contributed by atoms with Crippen LogP contribution in [-0.2, 0) is 4.74 Å². The van der Waals surface area contributed by atoms with Gasteiger partial charge in [0.2, 0.25) is 0 Å². The summed E-state index contributed by atoms with van der Waals surface area (Å²) in [6.07, 6.45) is 2.65. The fourth-order valence-electron chi connectivity index (χ4n) is 2.01. The van der Waals surface area contributed by atoms with E-state index in [9.17, 15) is 4.79 Å². The zero-order valence-corrected chi connectivity index (χ0v) is 16.8. The van der Waals surface area contributed by atoms with Gasteiger partial charge in [0.15, 0.2) is 5.96 Å². The highest BCUT2D eigenvalue weighted by Gasteiger charge is 2.18. The van der Waals surface area contributed by atoms with Crippen molar-refractivity contribution in [1.29, 1.82) is 0 Å². The number of aliphatic imine (C=N–C) groups is 1. The van der Waals surface area contributed by atoms with Crippen LogP contribution in [0.1, 0.15) is 60.8 Å². The third-order valence-corrected chi connectivity index (χ3v) is 3.36. The van der Waals surface area contributed by atoms with Crippen molar-refractivity contribution in [1.82, 2.24) is 16.0 Å². The Morgan fingerprint density at radius 1 is 1.24 bits per heavy atom. The lowest BCUT2D eigenvalue weighted by atomic mass is 10.1. The Kier molecular flexibility index (Phi) is 12.0. The number of guanidine groups is 1. The van der Waals surface area contributed by atoms with E-state index in [1.807, 2.05) is 34.6 Å². The average Bonchev–Trinajstić information content (AvgIpc) is 2.53. The molecule has 0 heterocycles. The van der Waals surface area contributed by atoms with Gasteiger partial charge in [-0.25, -0.2) is 4.79 Å². The van der Waals surface area contributed by atoms with Gasteiger partial charge >= 0.3 is 6.09 Å². The molecular weight excluding hydrogens is 320 g/mol. The molecule has 0 rings (SSSR count). The van der Waals surface area contributed by atoms with Crippen LogP contribution in [0.25, 0.3) is 0 Å². The normalized spacial score (nSPS) is 14.6. The van der Waals surface area contributed by atoms with Gasteiger partial charge in [-0.2, -0.15) is 0 Å². The molecule has 7 heteroatoms. The number of aliphatic hydroxyl groups is 1. The van der Waals surface area contributed by atoms with Crippen LogP contribution < -0.4 is 16.0 Å². The first-order valence-corrected chi connectivity index (χ1v) is 9.34. The highest BCUT2D eigenvalue weighted by Crippen LogP contribution is 2.07. The average molecular weight is 359 g/mol. The van der Waals surface area contributed by atoms with E-state index in [0.717, 1.165) is 25.8 Å². The topological polar surface area (TPSA) is 95.0 Å². The Morgan fingerprint density at radius 2 is 1.92 bits per heavy atom. The Bertz CT molecular complexity index is 394. The van der Waals surface area contributed by atoms with Crippen molar-refractivity contribution in [3.8, 4) is 0 Å². The highest BCUT2D eigenvalue weighted by atomic mass is 16.6. The SMILES string of the molecule is CCCCC(CNC(=O)OC(C)(C)C)NC(=NCC(C)CO)NCC. The first-order chi connectivity index (χ1) is 11.7. The third kappa shape index (κ3) is 13.5. The van der Waals surface area contributed by atoms with Gasteiger partial charge in [-0.3, -0.25) is 4.99 Å². The molecule has 0 aromatic rings. The summed E-state index contributed by atoms with van der Waals surface area (Å²) in [5.41, 5.74) is -0.507. The largest absolute Gasteiger partial charge is 0.444 e. The van der Waals surface area contributed by atoms with Gasteiger partial charge < -0.3 is 25.8 Å². The molecular formula is C18H38N4O3. The van der Waals surface area contributed by atoms with Crippen molar-refractivity contribution in [2.75, 3.05) is 26.2 Å². The molecule has 25 heavy (non-hydrogen) atoms. The number of nitrogens with zero attached hydrogens (tertiary/aromatic N) is 1. The van der Waals surface area contributed by atoms with Gasteiger partial charge in [0.05, 0.1) is 0 Å². The molecule has 0 spiro atoms. The van der Waals surface area contributed by atoms with Crippen LogP contribution in [-0.4, -0.2) is 55.0 Å². The zero-order chi connectivity index (χ0) is 19.3. The lowest BCUT2D eigenvalue weighted by Gasteiger charge is -2.24. The van der Waals surface area contributed by atoms with Gasteiger partial charge in [-0.1, -0.05) is 26.7 Å². The molecule has 7 nitrogen and oxygen atoms in total. The van der Waals surface area contributed by atoms with E-state index in [0.29, 0.717) is 19.0 Å². The number of rotatable bonds is 10. The Labute approximate surface area is 153 Å². The molecule has 0 aromatic carbocycles. The summed E-state index contributed by atoms with van der Waals surface area (Å²) in [5.74, 6) is 0.819. The lowest BCUT2D eigenvalue weighted by molar-refractivity contribution is 0.0522. The Balaban J connectivity index is 4.71. The summed E-state index contributed by atoms with van der Waals surface area (Å²) in [6.45, 7) is 13.5. The number of hydrogen-bond donors (Lipinski definition) is 4. The minimum atomic E-state index is -0.507. The first-order valence-electron chi connectivity index (χ1n) is 9.34. The van der Waals surface area contributed by atoms with Crippen LogP contribution >= 0.6 is 0 Å². The zero-order valence-electron chi connectivity index (χ0n) is 16.8. The van der Waals surface area contributed by atoms with Crippen molar-refractivity contribution in [2.24, 2.45) is 10.9 Å². The molecule has 0 aliphatic carbocycles. The number of ether oxygens (including phenoxy) is 1. The molecule has 0 saturated heterocycles. The van der Waals surface area contributed by atoms with Gasteiger partial charge in [-0.05, 0) is 40.0 Å². The number of unbranched alkanes of at least 4 members (excludes halogenated alkanes) is 1. The van der Waals surface area contributed by atoms with Crippen LogP contribution in [0.3, 0.4) is 0 Å². The van der Waals surface area contributed by atoms with Crippen molar-refractivity contribution >= 4 is 12.1 Å². The van der Waals surface area contributed by atoms with Crippen molar-refractivity contribution < 1.29 is 14.6 Å². The second-order valence-corrected chi connectivity index (χ2v) is 7.37. The van der Waals surface area contributed by atoms with E-state index in [2.05, 4.69) is 27.9 Å². The van der Waals surface area contributed by atoms with Crippen LogP contribution in [0, 0.1) is 5.92 Å². The number of carbonyl (C=O) groups excluding carboxylic acids is 1. The van der Waals surface area contributed by atoms with Gasteiger partial charge in [0.1, 0.15) is 5.60 Å². The smallest absolute Gasteiger partial charge is 0.407 e. The second-order valence-electron chi connectivity index (χ2n) is 7.37. The summed E-state index contributed by atoms with van der Waals surface area (Å²) in [4.78, 5) is 16.4. The van der Waals surface area contributed by atoms with E-state index in [1.54, 1.807) is 0 Å². The highest BCUT2D eigenvalue weighted by molar-refractivity contribution is 5.80. The minimum absolute atomic E-state index is 0.0645. The van der Waals surface area contributed by atoms with Crippen LogP contribution in [0.2, 0.25) is 0 Å². The summed E-state index contributed by atoms with van der Waals surface area (Å²) in [5, 5.41) is 18.6. The maximum absolute atomic E-state index is 11.9. The Morgan fingerprint density at radius 3 is 2.44 bits per heavy atom. The molecule has 2 atom stereocenters. The molecule has 0 radical (unpaired) electrons.